The smallest absolute Gasteiger partial charge is 0.123 e. The molecule has 16 heavy (non-hydrogen) atoms. The Morgan fingerprint density at radius 1 is 1.31 bits per heavy atom. The number of nitrogens with two attached hydrogens (primary N) is 1. The lowest BCUT2D eigenvalue weighted by Crippen LogP contribution is -2.11. The number of thiophene rings is 1. The summed E-state index contributed by atoms with van der Waals surface area (Å²) in [4.78, 5) is 0. The van der Waals surface area contributed by atoms with Crippen LogP contribution in [0.5, 0.6) is 5.75 Å². The van der Waals surface area contributed by atoms with Crippen LogP contribution in [0, 0.1) is 5.82 Å². The van der Waals surface area contributed by atoms with Crippen molar-refractivity contribution < 1.29 is 9.50 Å². The van der Waals surface area contributed by atoms with E-state index in [1.54, 1.807) is 0 Å². The van der Waals surface area contributed by atoms with E-state index >= 15 is 0 Å². The standard InChI is InChI=1S/C11H10FNOS.ClH/c12-8-1-2-10(14)9(5-8)11(13)7-3-4-15-6-7;/h1-6,11,14H,13H2;1H/t11-;/m1./s1. The van der Waals surface area contributed by atoms with Crippen molar-refractivity contribution in [3.05, 3.63) is 52.0 Å². The summed E-state index contributed by atoms with van der Waals surface area (Å²) in [6.07, 6.45) is 0. The van der Waals surface area contributed by atoms with Crippen molar-refractivity contribution in [3.8, 4) is 5.75 Å². The van der Waals surface area contributed by atoms with E-state index in [-0.39, 0.29) is 18.2 Å². The number of hydrogen-bond donors (Lipinski definition) is 2. The Balaban J connectivity index is 0.00000128. The minimum Gasteiger partial charge on any atom is -0.508 e. The summed E-state index contributed by atoms with van der Waals surface area (Å²) in [5, 5.41) is 13.3. The molecule has 0 spiro atoms. The molecule has 0 fully saturated rings. The van der Waals surface area contributed by atoms with E-state index in [2.05, 4.69) is 0 Å². The summed E-state index contributed by atoms with van der Waals surface area (Å²) in [5.74, 6) is -0.372. The Bertz CT molecular complexity index is 461. The quantitative estimate of drug-likeness (QED) is 0.871. The van der Waals surface area contributed by atoms with Crippen molar-refractivity contribution in [3.63, 3.8) is 0 Å². The maximum atomic E-state index is 13.0. The third-order valence-electron chi connectivity index (χ3n) is 2.23. The molecule has 86 valence electrons. The van der Waals surface area contributed by atoms with Gasteiger partial charge in [-0.3, -0.25) is 0 Å². The summed E-state index contributed by atoms with van der Waals surface area (Å²) in [7, 11) is 0. The van der Waals surface area contributed by atoms with Gasteiger partial charge in [-0.05, 0) is 40.6 Å². The van der Waals surface area contributed by atoms with Gasteiger partial charge in [0.25, 0.3) is 0 Å². The van der Waals surface area contributed by atoms with Crippen LogP contribution >= 0.6 is 23.7 Å². The fourth-order valence-corrected chi connectivity index (χ4v) is 2.10. The average molecular weight is 260 g/mol. The zero-order chi connectivity index (χ0) is 10.8. The zero-order valence-electron chi connectivity index (χ0n) is 8.26. The highest BCUT2D eigenvalue weighted by atomic mass is 35.5. The highest BCUT2D eigenvalue weighted by molar-refractivity contribution is 7.08. The summed E-state index contributed by atoms with van der Waals surface area (Å²) in [6.45, 7) is 0. The van der Waals surface area contributed by atoms with Crippen LogP contribution in [-0.4, -0.2) is 5.11 Å². The van der Waals surface area contributed by atoms with Gasteiger partial charge in [0.05, 0.1) is 6.04 Å². The number of hydrogen-bond acceptors (Lipinski definition) is 3. The normalized spacial score (nSPS) is 11.9. The molecule has 2 nitrogen and oxygen atoms in total. The van der Waals surface area contributed by atoms with Crippen molar-refractivity contribution in [2.45, 2.75) is 6.04 Å². The van der Waals surface area contributed by atoms with Crippen LogP contribution < -0.4 is 5.73 Å². The van der Waals surface area contributed by atoms with Crippen molar-refractivity contribution >= 4 is 23.7 Å². The van der Waals surface area contributed by atoms with E-state index in [0.29, 0.717) is 5.56 Å². The largest absolute Gasteiger partial charge is 0.508 e. The summed E-state index contributed by atoms with van der Waals surface area (Å²) >= 11 is 1.52. The topological polar surface area (TPSA) is 46.2 Å². The zero-order valence-corrected chi connectivity index (χ0v) is 9.89. The predicted molar refractivity (Wildman–Crippen MR) is 65.7 cm³/mol. The summed E-state index contributed by atoms with van der Waals surface area (Å²) in [5.41, 5.74) is 7.20. The molecule has 1 atom stereocenters. The van der Waals surface area contributed by atoms with Crippen LogP contribution in [0.3, 0.4) is 0 Å². The third-order valence-corrected chi connectivity index (χ3v) is 2.93. The van der Waals surface area contributed by atoms with Gasteiger partial charge in [-0.25, -0.2) is 4.39 Å². The first kappa shape index (κ1) is 13.0. The van der Waals surface area contributed by atoms with Gasteiger partial charge in [0.1, 0.15) is 11.6 Å². The van der Waals surface area contributed by atoms with Crippen molar-refractivity contribution in [1.82, 2.24) is 0 Å². The van der Waals surface area contributed by atoms with E-state index in [0.717, 1.165) is 5.56 Å². The summed E-state index contributed by atoms with van der Waals surface area (Å²) < 4.78 is 13.0. The third kappa shape index (κ3) is 2.52. The SMILES string of the molecule is Cl.N[C@H](c1ccsc1)c1cc(F)ccc1O. The molecular weight excluding hydrogens is 249 g/mol. The Kier molecular flexibility index (Phi) is 4.29. The number of rotatable bonds is 2. The van der Waals surface area contributed by atoms with Crippen LogP contribution in [0.2, 0.25) is 0 Å². The Morgan fingerprint density at radius 3 is 2.69 bits per heavy atom. The first-order valence-electron chi connectivity index (χ1n) is 4.44. The lowest BCUT2D eigenvalue weighted by molar-refractivity contribution is 0.462. The highest BCUT2D eigenvalue weighted by Crippen LogP contribution is 2.28. The second kappa shape index (κ2) is 5.30. The first-order chi connectivity index (χ1) is 7.18. The number of aromatic hydroxyl groups is 1. The Morgan fingerprint density at radius 2 is 2.06 bits per heavy atom. The van der Waals surface area contributed by atoms with Gasteiger partial charge in [-0.15, -0.1) is 12.4 Å². The van der Waals surface area contributed by atoms with Gasteiger partial charge in [0.15, 0.2) is 0 Å². The molecule has 0 aliphatic rings. The number of phenolic OH excluding ortho intramolecular Hbond substituents is 1. The Labute approximate surface area is 103 Å². The van der Waals surface area contributed by atoms with Crippen molar-refractivity contribution in [2.75, 3.05) is 0 Å². The van der Waals surface area contributed by atoms with Crippen molar-refractivity contribution in [2.24, 2.45) is 5.73 Å². The number of benzene rings is 1. The second-order valence-corrected chi connectivity index (χ2v) is 4.02. The van der Waals surface area contributed by atoms with Gasteiger partial charge in [-0.1, -0.05) is 0 Å². The minimum absolute atomic E-state index is 0. The van der Waals surface area contributed by atoms with Gasteiger partial charge < -0.3 is 10.8 Å². The van der Waals surface area contributed by atoms with Crippen LogP contribution in [0.4, 0.5) is 4.39 Å². The molecule has 0 saturated heterocycles. The monoisotopic (exact) mass is 259 g/mol. The Hall–Kier alpha value is -1.10. The predicted octanol–water partition coefficient (Wildman–Crippen LogP) is 3.06. The van der Waals surface area contributed by atoms with Crippen molar-refractivity contribution in [1.29, 1.82) is 0 Å². The molecule has 1 aromatic heterocycles. The van der Waals surface area contributed by atoms with E-state index in [1.165, 1.54) is 29.5 Å². The highest BCUT2D eigenvalue weighted by Gasteiger charge is 2.14. The molecule has 0 bridgehead atoms. The van der Waals surface area contributed by atoms with Gasteiger partial charge in [0.2, 0.25) is 0 Å². The molecule has 2 rings (SSSR count). The molecule has 0 aliphatic carbocycles. The maximum Gasteiger partial charge on any atom is 0.123 e. The van der Waals surface area contributed by atoms with E-state index in [1.807, 2.05) is 16.8 Å². The number of phenols is 1. The molecule has 1 aromatic carbocycles. The van der Waals surface area contributed by atoms with Crippen LogP contribution in [0.25, 0.3) is 0 Å². The van der Waals surface area contributed by atoms with Crippen LogP contribution in [0.1, 0.15) is 17.2 Å². The fourth-order valence-electron chi connectivity index (χ4n) is 1.41. The molecule has 3 N–H and O–H groups in total. The number of halogens is 2. The molecule has 1 heterocycles. The van der Waals surface area contributed by atoms with E-state index < -0.39 is 11.9 Å². The molecule has 0 aliphatic heterocycles. The molecule has 0 unspecified atom stereocenters. The van der Waals surface area contributed by atoms with Gasteiger partial charge in [0, 0.05) is 5.56 Å². The molecular formula is C11H11ClFNOS. The first-order valence-corrected chi connectivity index (χ1v) is 5.39. The maximum absolute atomic E-state index is 13.0. The minimum atomic E-state index is -0.480. The lowest BCUT2D eigenvalue weighted by atomic mass is 10.0. The summed E-state index contributed by atoms with van der Waals surface area (Å²) in [6, 6.07) is 5.17. The van der Waals surface area contributed by atoms with Crippen LogP contribution in [0.15, 0.2) is 35.0 Å². The molecule has 0 saturated carbocycles. The van der Waals surface area contributed by atoms with E-state index in [9.17, 15) is 9.50 Å². The second-order valence-electron chi connectivity index (χ2n) is 3.24. The van der Waals surface area contributed by atoms with Gasteiger partial charge >= 0.3 is 0 Å². The molecule has 5 heteroatoms. The van der Waals surface area contributed by atoms with Crippen LogP contribution in [-0.2, 0) is 0 Å². The molecule has 2 aromatic rings. The lowest BCUT2D eigenvalue weighted by Gasteiger charge is -2.12. The fraction of sp³-hybridized carbons (Fsp3) is 0.0909. The average Bonchev–Trinajstić information content (AvgIpc) is 2.74. The van der Waals surface area contributed by atoms with Gasteiger partial charge in [-0.2, -0.15) is 11.3 Å². The van der Waals surface area contributed by atoms with E-state index in [4.69, 9.17) is 5.73 Å². The molecule has 0 amide bonds. The molecule has 0 radical (unpaired) electrons.